The van der Waals surface area contributed by atoms with Gasteiger partial charge < -0.3 is 10.6 Å². The Morgan fingerprint density at radius 2 is 1.09 bits per heavy atom. The van der Waals surface area contributed by atoms with Crippen LogP contribution in [0.1, 0.15) is 38.8 Å². The van der Waals surface area contributed by atoms with Gasteiger partial charge in [0.05, 0.1) is 0 Å². The summed E-state index contributed by atoms with van der Waals surface area (Å²) in [5, 5.41) is 7.39. The molecule has 0 bridgehead atoms. The van der Waals surface area contributed by atoms with Crippen LogP contribution in [0.2, 0.25) is 0 Å². The largest absolute Gasteiger partial charge is 0.313 e. The van der Waals surface area contributed by atoms with Crippen LogP contribution in [0, 0.1) is 0 Å². The molecule has 0 aromatic heterocycles. The maximum absolute atomic E-state index is 3.69. The molecule has 0 spiro atoms. The summed E-state index contributed by atoms with van der Waals surface area (Å²) < 4.78 is 0. The Morgan fingerprint density at radius 1 is 0.696 bits per heavy atom. The van der Waals surface area contributed by atoms with E-state index in [0.29, 0.717) is 12.1 Å². The first-order chi connectivity index (χ1) is 11.0. The molecule has 0 fully saturated rings. The number of hydrogen-bond acceptors (Lipinski definition) is 2. The van der Waals surface area contributed by atoms with Gasteiger partial charge in [-0.3, -0.25) is 0 Å². The Balaban J connectivity index is 2.12. The predicted molar refractivity (Wildman–Crippen MR) is 98.9 cm³/mol. The van der Waals surface area contributed by atoms with Gasteiger partial charge in [0.25, 0.3) is 0 Å². The van der Waals surface area contributed by atoms with Crippen LogP contribution < -0.4 is 10.6 Å². The molecule has 0 saturated carbocycles. The smallest absolute Gasteiger partial charge is 0.0463 e. The van der Waals surface area contributed by atoms with Gasteiger partial charge in [0.15, 0.2) is 0 Å². The molecular weight excluding hydrogens is 280 g/mol. The van der Waals surface area contributed by atoms with Crippen molar-refractivity contribution in [3.63, 3.8) is 0 Å². The molecule has 2 aromatic carbocycles. The van der Waals surface area contributed by atoms with E-state index in [9.17, 15) is 0 Å². The summed E-state index contributed by atoms with van der Waals surface area (Å²) in [7, 11) is 0. The van der Waals surface area contributed by atoms with Gasteiger partial charge in [-0.25, -0.2) is 0 Å². The van der Waals surface area contributed by atoms with Crippen molar-refractivity contribution in [1.82, 2.24) is 10.6 Å². The van der Waals surface area contributed by atoms with Gasteiger partial charge in [-0.05, 0) is 22.3 Å². The maximum Gasteiger partial charge on any atom is 0.0463 e. The topological polar surface area (TPSA) is 24.1 Å². The molecule has 0 unspecified atom stereocenters. The van der Waals surface area contributed by atoms with Gasteiger partial charge in [-0.2, -0.15) is 0 Å². The Labute approximate surface area is 140 Å². The second-order valence-electron chi connectivity index (χ2n) is 7.24. The molecule has 2 N–H and O–H groups in total. The highest BCUT2D eigenvalue weighted by Gasteiger charge is 2.42. The molecule has 2 aromatic rings. The lowest BCUT2D eigenvalue weighted by Crippen LogP contribution is -2.48. The Bertz CT molecular complexity index is 614. The molecule has 122 valence electrons. The molecule has 0 aliphatic heterocycles. The van der Waals surface area contributed by atoms with Crippen LogP contribution in [-0.2, 0) is 5.41 Å². The molecule has 0 amide bonds. The summed E-state index contributed by atoms with van der Waals surface area (Å²) in [6.45, 7) is 10.8. The highest BCUT2D eigenvalue weighted by Crippen LogP contribution is 2.48. The van der Waals surface area contributed by atoms with E-state index in [2.05, 4.69) is 86.9 Å². The van der Waals surface area contributed by atoms with E-state index >= 15 is 0 Å². The van der Waals surface area contributed by atoms with Gasteiger partial charge in [0, 0.05) is 30.6 Å². The molecular formula is C21H28N2. The van der Waals surface area contributed by atoms with Crippen LogP contribution in [0.15, 0.2) is 48.5 Å². The van der Waals surface area contributed by atoms with Crippen LogP contribution in [-0.4, -0.2) is 25.2 Å². The van der Waals surface area contributed by atoms with Gasteiger partial charge >= 0.3 is 0 Å². The van der Waals surface area contributed by atoms with Crippen molar-refractivity contribution < 1.29 is 0 Å². The first kappa shape index (κ1) is 16.2. The lowest BCUT2D eigenvalue weighted by atomic mass is 9.77. The fourth-order valence-corrected chi connectivity index (χ4v) is 3.62. The van der Waals surface area contributed by atoms with E-state index in [1.165, 1.54) is 22.3 Å². The van der Waals surface area contributed by atoms with E-state index in [-0.39, 0.29) is 5.41 Å². The fourth-order valence-electron chi connectivity index (χ4n) is 3.62. The van der Waals surface area contributed by atoms with Gasteiger partial charge in [-0.15, -0.1) is 0 Å². The monoisotopic (exact) mass is 308 g/mol. The molecule has 0 radical (unpaired) electrons. The second kappa shape index (κ2) is 6.46. The summed E-state index contributed by atoms with van der Waals surface area (Å²) in [6, 6.07) is 18.7. The van der Waals surface area contributed by atoms with Crippen molar-refractivity contribution in [2.75, 3.05) is 13.1 Å². The summed E-state index contributed by atoms with van der Waals surface area (Å²) in [5.41, 5.74) is 5.67. The van der Waals surface area contributed by atoms with E-state index in [4.69, 9.17) is 0 Å². The van der Waals surface area contributed by atoms with Crippen molar-refractivity contribution in [3.8, 4) is 11.1 Å². The third-order valence-corrected chi connectivity index (χ3v) is 4.80. The highest BCUT2D eigenvalue weighted by molar-refractivity contribution is 5.81. The standard InChI is InChI=1S/C21H28N2/c1-15(2)22-13-21(14-23-16(3)4)19-11-7-5-9-17(19)18-10-6-8-12-20(18)21/h5-12,15-16,22-23H,13-14H2,1-4H3. The van der Waals surface area contributed by atoms with Crippen molar-refractivity contribution in [3.05, 3.63) is 59.7 Å². The molecule has 2 nitrogen and oxygen atoms in total. The van der Waals surface area contributed by atoms with Gasteiger partial charge in [0.2, 0.25) is 0 Å². The molecule has 23 heavy (non-hydrogen) atoms. The molecule has 3 rings (SSSR count). The molecule has 1 aliphatic rings. The molecule has 1 aliphatic carbocycles. The zero-order valence-corrected chi connectivity index (χ0v) is 14.7. The molecule has 2 heteroatoms. The third-order valence-electron chi connectivity index (χ3n) is 4.80. The normalized spacial score (nSPS) is 15.0. The summed E-state index contributed by atoms with van der Waals surface area (Å²) in [4.78, 5) is 0. The first-order valence-corrected chi connectivity index (χ1v) is 8.71. The van der Waals surface area contributed by atoms with E-state index in [1.54, 1.807) is 0 Å². The summed E-state index contributed by atoms with van der Waals surface area (Å²) in [6.07, 6.45) is 0. The minimum Gasteiger partial charge on any atom is -0.313 e. The number of nitrogens with one attached hydrogen (secondary N) is 2. The Morgan fingerprint density at radius 3 is 1.48 bits per heavy atom. The van der Waals surface area contributed by atoms with Crippen molar-refractivity contribution in [1.29, 1.82) is 0 Å². The van der Waals surface area contributed by atoms with E-state index in [0.717, 1.165) is 13.1 Å². The zero-order valence-electron chi connectivity index (χ0n) is 14.7. The summed E-state index contributed by atoms with van der Waals surface area (Å²) >= 11 is 0. The van der Waals surface area contributed by atoms with Crippen LogP contribution in [0.4, 0.5) is 0 Å². The quantitative estimate of drug-likeness (QED) is 0.844. The Kier molecular flexibility index (Phi) is 4.56. The average molecular weight is 308 g/mol. The summed E-state index contributed by atoms with van der Waals surface area (Å²) in [5.74, 6) is 0. The maximum atomic E-state index is 3.69. The minimum atomic E-state index is 0.00171. The van der Waals surface area contributed by atoms with Crippen molar-refractivity contribution in [2.24, 2.45) is 0 Å². The predicted octanol–water partition coefficient (Wildman–Crippen LogP) is 3.95. The zero-order chi connectivity index (χ0) is 16.4. The van der Waals surface area contributed by atoms with Crippen LogP contribution >= 0.6 is 0 Å². The van der Waals surface area contributed by atoms with Crippen LogP contribution in [0.25, 0.3) is 11.1 Å². The molecule has 0 atom stereocenters. The second-order valence-corrected chi connectivity index (χ2v) is 7.24. The molecule has 0 saturated heterocycles. The SMILES string of the molecule is CC(C)NCC1(CNC(C)C)c2ccccc2-c2ccccc21. The number of benzene rings is 2. The van der Waals surface area contributed by atoms with E-state index < -0.39 is 0 Å². The van der Waals surface area contributed by atoms with Gasteiger partial charge in [0.1, 0.15) is 0 Å². The van der Waals surface area contributed by atoms with Crippen molar-refractivity contribution in [2.45, 2.75) is 45.2 Å². The van der Waals surface area contributed by atoms with E-state index in [1.807, 2.05) is 0 Å². The number of hydrogen-bond donors (Lipinski definition) is 2. The molecule has 0 heterocycles. The first-order valence-electron chi connectivity index (χ1n) is 8.71. The van der Waals surface area contributed by atoms with Crippen LogP contribution in [0.5, 0.6) is 0 Å². The average Bonchev–Trinajstić information content (AvgIpc) is 2.82. The lowest BCUT2D eigenvalue weighted by Gasteiger charge is -2.34. The lowest BCUT2D eigenvalue weighted by molar-refractivity contribution is 0.403. The minimum absolute atomic E-state index is 0.00171. The van der Waals surface area contributed by atoms with Gasteiger partial charge in [-0.1, -0.05) is 76.2 Å². The fraction of sp³-hybridized carbons (Fsp3) is 0.429. The van der Waals surface area contributed by atoms with Crippen LogP contribution in [0.3, 0.4) is 0 Å². The highest BCUT2D eigenvalue weighted by atomic mass is 15.0. The van der Waals surface area contributed by atoms with Crippen molar-refractivity contribution >= 4 is 0 Å². The number of rotatable bonds is 6. The Hall–Kier alpha value is -1.64. The third kappa shape index (κ3) is 2.93. The number of fused-ring (bicyclic) bond motifs is 3.